The summed E-state index contributed by atoms with van der Waals surface area (Å²) >= 11 is 0. The van der Waals surface area contributed by atoms with Crippen molar-refractivity contribution in [3.8, 4) is 6.07 Å². The lowest BCUT2D eigenvalue weighted by Gasteiger charge is -2.40. The van der Waals surface area contributed by atoms with E-state index in [1.165, 1.54) is 12.8 Å². The average Bonchev–Trinajstić information content (AvgIpc) is 3.60. The maximum atomic E-state index is 12.8. The van der Waals surface area contributed by atoms with E-state index in [1.807, 2.05) is 36.9 Å². The van der Waals surface area contributed by atoms with Gasteiger partial charge in [-0.3, -0.25) is 19.5 Å². The molecule has 1 aromatic heterocycles. The van der Waals surface area contributed by atoms with Crippen molar-refractivity contribution in [2.45, 2.75) is 59.0 Å². The van der Waals surface area contributed by atoms with Gasteiger partial charge in [0.2, 0.25) is 5.91 Å². The van der Waals surface area contributed by atoms with Gasteiger partial charge in [0, 0.05) is 62.5 Å². The summed E-state index contributed by atoms with van der Waals surface area (Å²) in [4.78, 5) is 34.0. The van der Waals surface area contributed by atoms with Gasteiger partial charge in [-0.15, -0.1) is 0 Å². The third kappa shape index (κ3) is 5.66. The first kappa shape index (κ1) is 23.1. The Morgan fingerprint density at radius 3 is 2.55 bits per heavy atom. The fourth-order valence-corrected chi connectivity index (χ4v) is 4.63. The Bertz CT molecular complexity index is 1080. The molecule has 33 heavy (non-hydrogen) atoms. The third-order valence-electron chi connectivity index (χ3n) is 6.92. The number of ketones is 1. The Kier molecular flexibility index (Phi) is 6.90. The minimum Gasteiger partial charge on any atom is -0.337 e. The van der Waals surface area contributed by atoms with Crippen molar-refractivity contribution in [2.75, 3.05) is 19.6 Å². The van der Waals surface area contributed by atoms with Crippen LogP contribution in [0.15, 0.2) is 30.5 Å². The van der Waals surface area contributed by atoms with Crippen LogP contribution in [0.1, 0.15) is 64.5 Å². The van der Waals surface area contributed by atoms with Crippen LogP contribution in [0.3, 0.4) is 0 Å². The zero-order chi connectivity index (χ0) is 23.5. The second-order valence-electron chi connectivity index (χ2n) is 9.64. The van der Waals surface area contributed by atoms with Gasteiger partial charge in [-0.1, -0.05) is 0 Å². The molecule has 0 spiro atoms. The van der Waals surface area contributed by atoms with Crippen LogP contribution >= 0.6 is 0 Å². The molecule has 0 N–H and O–H groups in total. The van der Waals surface area contributed by atoms with Crippen molar-refractivity contribution in [1.82, 2.24) is 14.8 Å². The number of amides is 1. The average molecular weight is 445 g/mol. The summed E-state index contributed by atoms with van der Waals surface area (Å²) in [7, 11) is 0. The smallest absolute Gasteiger partial charge is 0.223 e. The highest BCUT2D eigenvalue weighted by atomic mass is 16.2. The highest BCUT2D eigenvalue weighted by Gasteiger charge is 2.32. The molecule has 1 saturated heterocycles. The fraction of sp³-hybridized carbons (Fsp3) is 0.481. The van der Waals surface area contributed by atoms with Crippen LogP contribution in [0.2, 0.25) is 0 Å². The Morgan fingerprint density at radius 2 is 1.91 bits per heavy atom. The predicted octanol–water partition coefficient (Wildman–Crippen LogP) is 3.83. The number of piperazine rings is 1. The molecular weight excluding hydrogens is 412 g/mol. The summed E-state index contributed by atoms with van der Waals surface area (Å²) in [6.07, 6.45) is 4.95. The molecule has 1 aliphatic heterocycles. The number of pyridine rings is 1. The van der Waals surface area contributed by atoms with Crippen molar-refractivity contribution in [2.24, 2.45) is 5.92 Å². The van der Waals surface area contributed by atoms with Crippen molar-refractivity contribution in [1.29, 1.82) is 5.26 Å². The Hall–Kier alpha value is -3.04. The van der Waals surface area contributed by atoms with E-state index >= 15 is 0 Å². The zero-order valence-electron chi connectivity index (χ0n) is 19.8. The molecule has 6 nitrogen and oxygen atoms in total. The summed E-state index contributed by atoms with van der Waals surface area (Å²) < 4.78 is 0. The summed E-state index contributed by atoms with van der Waals surface area (Å²) in [5.41, 5.74) is 5.06. The van der Waals surface area contributed by atoms with Gasteiger partial charge in [0.05, 0.1) is 11.6 Å². The molecular formula is C27H32N4O2. The lowest BCUT2D eigenvalue weighted by atomic mass is 9.93. The van der Waals surface area contributed by atoms with E-state index in [1.54, 1.807) is 12.3 Å². The lowest BCUT2D eigenvalue weighted by Crippen LogP contribution is -2.53. The molecule has 0 unspecified atom stereocenters. The number of rotatable bonds is 7. The maximum Gasteiger partial charge on any atom is 0.223 e. The van der Waals surface area contributed by atoms with Crippen LogP contribution in [-0.4, -0.2) is 52.2 Å². The molecule has 4 rings (SSSR count). The number of carbonyl (C=O) groups excluding carboxylic acids is 2. The van der Waals surface area contributed by atoms with Gasteiger partial charge >= 0.3 is 0 Å². The SMILES string of the molecule is Cc1ccc(C(=O)Cc2cc(C#N)cc(CN3CCN(C(=O)CC4CC4)[C@@H](C)C3)c2C)cn1. The van der Waals surface area contributed by atoms with Crippen molar-refractivity contribution >= 4 is 11.7 Å². The molecule has 172 valence electrons. The summed E-state index contributed by atoms with van der Waals surface area (Å²) in [5, 5.41) is 9.58. The number of hydrogen-bond donors (Lipinski definition) is 0. The monoisotopic (exact) mass is 444 g/mol. The third-order valence-corrected chi connectivity index (χ3v) is 6.92. The van der Waals surface area contributed by atoms with Gasteiger partial charge < -0.3 is 4.90 Å². The van der Waals surface area contributed by atoms with Crippen LogP contribution in [0.25, 0.3) is 0 Å². The van der Waals surface area contributed by atoms with E-state index in [4.69, 9.17) is 0 Å². The van der Waals surface area contributed by atoms with Crippen molar-refractivity contribution < 1.29 is 9.59 Å². The normalized spacial score (nSPS) is 18.7. The summed E-state index contributed by atoms with van der Waals surface area (Å²) in [6.45, 7) is 9.14. The first-order valence-electron chi connectivity index (χ1n) is 11.8. The maximum absolute atomic E-state index is 12.8. The van der Waals surface area contributed by atoms with E-state index in [0.717, 1.165) is 42.0 Å². The minimum atomic E-state index is 0.00283. The Labute approximate surface area is 196 Å². The Balaban J connectivity index is 1.45. The van der Waals surface area contributed by atoms with Gasteiger partial charge in [0.1, 0.15) is 0 Å². The molecule has 2 aromatic rings. The van der Waals surface area contributed by atoms with Gasteiger partial charge in [0.15, 0.2) is 5.78 Å². The molecule has 1 saturated carbocycles. The Morgan fingerprint density at radius 1 is 1.15 bits per heavy atom. The molecule has 2 aliphatic rings. The van der Waals surface area contributed by atoms with Crippen molar-refractivity contribution in [3.63, 3.8) is 0 Å². The second kappa shape index (κ2) is 9.84. The first-order chi connectivity index (χ1) is 15.8. The number of nitrogens with zero attached hydrogens (tertiary/aromatic N) is 4. The molecule has 1 atom stereocenters. The van der Waals surface area contributed by atoms with Gasteiger partial charge in [-0.2, -0.15) is 5.26 Å². The molecule has 0 radical (unpaired) electrons. The molecule has 1 aliphatic carbocycles. The summed E-state index contributed by atoms with van der Waals surface area (Å²) in [6, 6.07) is 9.84. The van der Waals surface area contributed by atoms with E-state index in [9.17, 15) is 14.9 Å². The van der Waals surface area contributed by atoms with Crippen molar-refractivity contribution in [3.05, 3.63) is 64.0 Å². The fourth-order valence-electron chi connectivity index (χ4n) is 4.63. The standard InChI is InChI=1S/C27H32N4O2/c1-18-4-7-23(15-29-18)26(32)13-24-10-22(14-28)11-25(20(24)3)17-30-8-9-31(19(2)16-30)27(33)12-21-5-6-21/h4,7,10-11,15,19,21H,5-6,8-9,12-13,16-17H2,1-3H3/t19-/m0/s1. The molecule has 6 heteroatoms. The van der Waals surface area contributed by atoms with Crippen LogP contribution in [0.4, 0.5) is 0 Å². The predicted molar refractivity (Wildman–Crippen MR) is 127 cm³/mol. The van der Waals surface area contributed by atoms with Gasteiger partial charge in [-0.05, 0) is 80.5 Å². The lowest BCUT2D eigenvalue weighted by molar-refractivity contribution is -0.136. The largest absolute Gasteiger partial charge is 0.337 e. The highest BCUT2D eigenvalue weighted by molar-refractivity contribution is 5.97. The van der Waals surface area contributed by atoms with E-state index in [2.05, 4.69) is 22.9 Å². The molecule has 1 amide bonds. The zero-order valence-corrected chi connectivity index (χ0v) is 19.8. The topological polar surface area (TPSA) is 77.3 Å². The highest BCUT2D eigenvalue weighted by Crippen LogP contribution is 2.33. The number of hydrogen-bond acceptors (Lipinski definition) is 5. The van der Waals surface area contributed by atoms with Gasteiger partial charge in [-0.25, -0.2) is 0 Å². The molecule has 0 bridgehead atoms. The summed E-state index contributed by atoms with van der Waals surface area (Å²) in [5.74, 6) is 0.901. The molecule has 2 heterocycles. The quantitative estimate of drug-likeness (QED) is 0.607. The number of benzene rings is 1. The number of Topliss-reactive ketones (excluding diaryl/α,β-unsaturated/α-hetero) is 1. The number of aromatic nitrogens is 1. The van der Waals surface area contributed by atoms with Gasteiger partial charge in [0.25, 0.3) is 0 Å². The second-order valence-corrected chi connectivity index (χ2v) is 9.64. The van der Waals surface area contributed by atoms with E-state index < -0.39 is 0 Å². The first-order valence-corrected chi connectivity index (χ1v) is 11.8. The molecule has 2 fully saturated rings. The number of carbonyl (C=O) groups is 2. The van der Waals surface area contributed by atoms with Crippen LogP contribution in [0.5, 0.6) is 0 Å². The van der Waals surface area contributed by atoms with Crippen LogP contribution < -0.4 is 0 Å². The number of nitriles is 1. The molecule has 1 aromatic carbocycles. The van der Waals surface area contributed by atoms with Crippen LogP contribution in [-0.2, 0) is 17.8 Å². The number of aryl methyl sites for hydroxylation is 1. The van der Waals surface area contributed by atoms with Crippen LogP contribution in [0, 0.1) is 31.1 Å². The van der Waals surface area contributed by atoms with E-state index in [0.29, 0.717) is 35.9 Å². The van der Waals surface area contributed by atoms with E-state index in [-0.39, 0.29) is 18.2 Å². The minimum absolute atomic E-state index is 0.00283.